The zero-order chi connectivity index (χ0) is 31.0. The Kier molecular flexibility index (Phi) is 8.07. The van der Waals surface area contributed by atoms with E-state index in [2.05, 4.69) is 38.2 Å². The summed E-state index contributed by atoms with van der Waals surface area (Å²) in [6.45, 7) is 3.87. The molecule has 0 spiro atoms. The Bertz CT molecular complexity index is 1760. The number of benzene rings is 2. The number of likely N-dealkylation sites (N-methyl/N-ethyl adjacent to an activating group) is 1. The fourth-order valence-electron chi connectivity index (χ4n) is 5.96. The first-order valence-corrected chi connectivity index (χ1v) is 14.8. The van der Waals surface area contributed by atoms with Crippen LogP contribution < -0.4 is 25.6 Å². The normalized spacial score (nSPS) is 15.3. The number of hydrogen-bond acceptors (Lipinski definition) is 9. The second-order valence-corrected chi connectivity index (χ2v) is 11.6. The van der Waals surface area contributed by atoms with Gasteiger partial charge in [0.05, 0.1) is 12.3 Å². The van der Waals surface area contributed by atoms with E-state index in [1.54, 1.807) is 24.2 Å². The van der Waals surface area contributed by atoms with Crippen molar-refractivity contribution in [1.82, 2.24) is 19.4 Å². The van der Waals surface area contributed by atoms with Crippen molar-refractivity contribution >= 4 is 34.6 Å². The summed E-state index contributed by atoms with van der Waals surface area (Å²) in [5, 5.41) is 13.8. The highest BCUT2D eigenvalue weighted by atomic mass is 16.3. The van der Waals surface area contributed by atoms with Crippen LogP contribution in [0.1, 0.15) is 21.5 Å². The number of rotatable bonds is 7. The van der Waals surface area contributed by atoms with Crippen LogP contribution in [0.25, 0.3) is 11.1 Å². The minimum Gasteiger partial charge on any atom is -0.392 e. The largest absolute Gasteiger partial charge is 0.392 e. The summed E-state index contributed by atoms with van der Waals surface area (Å²) in [7, 11) is 7.77. The second-order valence-electron chi connectivity index (χ2n) is 11.6. The summed E-state index contributed by atoms with van der Waals surface area (Å²) >= 11 is 0. The number of aromatic nitrogens is 3. The molecule has 44 heavy (non-hydrogen) atoms. The maximum atomic E-state index is 13.7. The molecule has 2 aliphatic rings. The molecule has 0 saturated carbocycles. The van der Waals surface area contributed by atoms with E-state index < -0.39 is 0 Å². The number of aliphatic hydroxyl groups excluding tert-OH is 1. The van der Waals surface area contributed by atoms with Gasteiger partial charge in [-0.05, 0) is 54.9 Å². The average Bonchev–Trinajstić information content (AvgIpc) is 3.03. The van der Waals surface area contributed by atoms with Gasteiger partial charge in [-0.15, -0.1) is 0 Å². The van der Waals surface area contributed by atoms with Gasteiger partial charge in [0.1, 0.15) is 23.7 Å². The molecule has 2 N–H and O–H groups in total. The van der Waals surface area contributed by atoms with Gasteiger partial charge in [0.2, 0.25) is 0 Å². The lowest BCUT2D eigenvalue weighted by Crippen LogP contribution is -2.44. The van der Waals surface area contributed by atoms with Crippen molar-refractivity contribution in [2.75, 3.05) is 73.9 Å². The van der Waals surface area contributed by atoms with E-state index in [1.165, 1.54) is 10.9 Å². The van der Waals surface area contributed by atoms with Gasteiger partial charge < -0.3 is 34.6 Å². The minimum atomic E-state index is -0.270. The Morgan fingerprint density at radius 2 is 1.73 bits per heavy atom. The van der Waals surface area contributed by atoms with Gasteiger partial charge in [0.25, 0.3) is 11.5 Å². The highest BCUT2D eigenvalue weighted by Gasteiger charge is 2.28. The second kappa shape index (κ2) is 12.1. The lowest BCUT2D eigenvalue weighted by Gasteiger charge is -2.33. The van der Waals surface area contributed by atoms with Crippen LogP contribution in [0.3, 0.4) is 0 Å². The Morgan fingerprint density at radius 1 is 0.932 bits per heavy atom. The van der Waals surface area contributed by atoms with Crippen LogP contribution in [0.15, 0.2) is 65.8 Å². The molecule has 0 bridgehead atoms. The lowest BCUT2D eigenvalue weighted by molar-refractivity contribution is 0.0980. The molecule has 0 aliphatic carbocycles. The standard InChI is InChI=1S/C33H38N8O3/c1-37(2)24-8-9-26-22(16-24)10-11-41(32(26)43)29-7-5-6-25(27(29)20-42)23-17-28(33(44)39(4)19-23)36-30-18-31(35-21-34-30)40-14-12-38(3)13-15-40/h5-9,16-19,21,42H,10-15,20H2,1-4H3,(H,34,35,36). The summed E-state index contributed by atoms with van der Waals surface area (Å²) in [6.07, 6.45) is 3.96. The Balaban J connectivity index is 1.32. The van der Waals surface area contributed by atoms with E-state index in [0.29, 0.717) is 41.3 Å². The highest BCUT2D eigenvalue weighted by molar-refractivity contribution is 6.09. The molecule has 4 heterocycles. The summed E-state index contributed by atoms with van der Waals surface area (Å²) in [5.74, 6) is 1.24. The number of aliphatic hydroxyl groups is 1. The minimum absolute atomic E-state index is 0.0915. The van der Waals surface area contributed by atoms with Crippen LogP contribution in [-0.2, 0) is 20.1 Å². The summed E-state index contributed by atoms with van der Waals surface area (Å²) in [5.41, 5.74) is 5.64. The molecule has 2 aliphatic heterocycles. The number of pyridine rings is 1. The molecule has 1 amide bonds. The predicted molar refractivity (Wildman–Crippen MR) is 174 cm³/mol. The van der Waals surface area contributed by atoms with Gasteiger partial charge in [-0.3, -0.25) is 9.59 Å². The van der Waals surface area contributed by atoms with E-state index in [-0.39, 0.29) is 18.1 Å². The first kappa shape index (κ1) is 29.3. The molecule has 0 unspecified atom stereocenters. The third-order valence-electron chi connectivity index (χ3n) is 8.52. The molecular weight excluding hydrogens is 556 g/mol. The van der Waals surface area contributed by atoms with Crippen molar-refractivity contribution in [3.8, 4) is 11.1 Å². The molecule has 1 fully saturated rings. The van der Waals surface area contributed by atoms with Gasteiger partial charge in [0, 0.05) is 88.5 Å². The maximum Gasteiger partial charge on any atom is 0.274 e. The number of hydrogen-bond donors (Lipinski definition) is 2. The molecule has 4 aromatic rings. The predicted octanol–water partition coefficient (Wildman–Crippen LogP) is 3.10. The van der Waals surface area contributed by atoms with Crippen LogP contribution in [0.4, 0.5) is 28.7 Å². The first-order valence-electron chi connectivity index (χ1n) is 14.8. The van der Waals surface area contributed by atoms with Gasteiger partial charge in [-0.2, -0.15) is 0 Å². The van der Waals surface area contributed by atoms with Crippen LogP contribution >= 0.6 is 0 Å². The van der Waals surface area contributed by atoms with Gasteiger partial charge in [-0.1, -0.05) is 12.1 Å². The molecule has 0 atom stereocenters. The third kappa shape index (κ3) is 5.63. The van der Waals surface area contributed by atoms with Crippen molar-refractivity contribution in [2.24, 2.45) is 7.05 Å². The fraction of sp³-hybridized carbons (Fsp3) is 0.333. The topological polar surface area (TPSA) is 110 Å². The SMILES string of the molecule is CN1CCN(c2cc(Nc3cc(-c4cccc(N5CCc6cc(N(C)C)ccc6C5=O)c4CO)cn(C)c3=O)ncn2)CC1. The number of aryl methyl sites for hydroxylation is 1. The van der Waals surface area contributed by atoms with E-state index in [4.69, 9.17) is 0 Å². The van der Waals surface area contributed by atoms with Crippen LogP contribution in [-0.4, -0.2) is 84.3 Å². The molecule has 11 nitrogen and oxygen atoms in total. The Hall–Kier alpha value is -4.74. The Morgan fingerprint density at radius 3 is 2.48 bits per heavy atom. The summed E-state index contributed by atoms with van der Waals surface area (Å²) in [6, 6.07) is 15.2. The molecule has 228 valence electrons. The number of anilines is 5. The number of nitrogens with one attached hydrogen (secondary N) is 1. The average molecular weight is 595 g/mol. The molecular formula is C33H38N8O3. The van der Waals surface area contributed by atoms with Gasteiger partial charge in [0.15, 0.2) is 0 Å². The summed E-state index contributed by atoms with van der Waals surface area (Å²) < 4.78 is 1.51. The molecule has 2 aromatic carbocycles. The van der Waals surface area contributed by atoms with Gasteiger partial charge in [-0.25, -0.2) is 9.97 Å². The molecule has 6 rings (SSSR count). The van der Waals surface area contributed by atoms with Crippen molar-refractivity contribution in [3.63, 3.8) is 0 Å². The van der Waals surface area contributed by atoms with Crippen LogP contribution in [0.5, 0.6) is 0 Å². The maximum absolute atomic E-state index is 13.7. The van der Waals surface area contributed by atoms with E-state index >= 15 is 0 Å². The molecule has 11 heteroatoms. The highest BCUT2D eigenvalue weighted by Crippen LogP contribution is 2.35. The van der Waals surface area contributed by atoms with Crippen molar-refractivity contribution in [2.45, 2.75) is 13.0 Å². The molecule has 1 saturated heterocycles. The third-order valence-corrected chi connectivity index (χ3v) is 8.52. The first-order chi connectivity index (χ1) is 21.2. The smallest absolute Gasteiger partial charge is 0.274 e. The quantitative estimate of drug-likeness (QED) is 0.334. The number of piperazine rings is 1. The zero-order valence-electron chi connectivity index (χ0n) is 25.6. The number of amides is 1. The van der Waals surface area contributed by atoms with Crippen molar-refractivity contribution < 1.29 is 9.90 Å². The summed E-state index contributed by atoms with van der Waals surface area (Å²) in [4.78, 5) is 44.0. The fourth-order valence-corrected chi connectivity index (χ4v) is 5.96. The van der Waals surface area contributed by atoms with E-state index in [1.807, 2.05) is 55.4 Å². The van der Waals surface area contributed by atoms with Crippen molar-refractivity contribution in [1.29, 1.82) is 0 Å². The Labute approximate surface area is 257 Å². The monoisotopic (exact) mass is 594 g/mol. The van der Waals surface area contributed by atoms with Crippen LogP contribution in [0, 0.1) is 0 Å². The molecule has 2 aromatic heterocycles. The van der Waals surface area contributed by atoms with Crippen LogP contribution in [0.2, 0.25) is 0 Å². The van der Waals surface area contributed by atoms with Gasteiger partial charge >= 0.3 is 0 Å². The molecule has 0 radical (unpaired) electrons. The zero-order valence-corrected chi connectivity index (χ0v) is 25.6. The number of nitrogens with zero attached hydrogens (tertiary/aromatic N) is 7. The van der Waals surface area contributed by atoms with Crippen molar-refractivity contribution in [3.05, 3.63) is 88.1 Å². The number of carbonyl (C=O) groups excluding carboxylic acids is 1. The number of fused-ring (bicyclic) bond motifs is 1. The lowest BCUT2D eigenvalue weighted by atomic mass is 9.94. The van der Waals surface area contributed by atoms with E-state index in [0.717, 1.165) is 54.4 Å². The number of carbonyl (C=O) groups is 1. The van der Waals surface area contributed by atoms with E-state index in [9.17, 15) is 14.7 Å².